The fourth-order valence-corrected chi connectivity index (χ4v) is 3.52. The Labute approximate surface area is 160 Å². The Morgan fingerprint density at radius 2 is 2.17 bits per heavy atom. The highest BCUT2D eigenvalue weighted by atomic mass is 79.9. The van der Waals surface area contributed by atoms with Crippen molar-refractivity contribution in [1.29, 1.82) is 0 Å². The topological polar surface area (TPSA) is 57.0 Å². The van der Waals surface area contributed by atoms with Crippen molar-refractivity contribution < 1.29 is 4.74 Å². The highest BCUT2D eigenvalue weighted by molar-refractivity contribution is 9.10. The third-order valence-electron chi connectivity index (χ3n) is 3.20. The molecule has 3 rings (SSSR count). The Morgan fingerprint density at radius 3 is 2.92 bits per heavy atom. The predicted octanol–water partition coefficient (Wildman–Crippen LogP) is 4.49. The zero-order valence-corrected chi connectivity index (χ0v) is 16.2. The molecule has 0 amide bonds. The second kappa shape index (κ2) is 7.23. The number of hydrogen-bond acceptors (Lipinski definition) is 5. The largest absolute Gasteiger partial charge is 0.496 e. The van der Waals surface area contributed by atoms with Crippen LogP contribution in [0.3, 0.4) is 0 Å². The first-order valence-corrected chi connectivity index (χ1v) is 9.12. The fourth-order valence-electron chi connectivity index (χ4n) is 2.06. The van der Waals surface area contributed by atoms with E-state index in [-0.39, 0.29) is 16.6 Å². The van der Waals surface area contributed by atoms with Crippen molar-refractivity contribution in [3.05, 3.63) is 60.3 Å². The first-order chi connectivity index (χ1) is 11.5. The fraction of sp³-hybridized carbons (Fsp3) is 0.133. The molecule has 0 aliphatic heterocycles. The smallest absolute Gasteiger partial charge is 0.287 e. The van der Waals surface area contributed by atoms with Crippen molar-refractivity contribution in [1.82, 2.24) is 14.8 Å². The van der Waals surface area contributed by atoms with E-state index < -0.39 is 5.56 Å². The van der Waals surface area contributed by atoms with E-state index in [1.807, 2.05) is 23.6 Å². The molecule has 2 heterocycles. The zero-order valence-electron chi connectivity index (χ0n) is 12.3. The van der Waals surface area contributed by atoms with Crippen molar-refractivity contribution in [3.8, 4) is 16.3 Å². The second-order valence-corrected chi connectivity index (χ2v) is 7.32. The van der Waals surface area contributed by atoms with Crippen LogP contribution in [0.2, 0.25) is 10.0 Å². The first kappa shape index (κ1) is 17.4. The number of halogens is 3. The molecule has 0 radical (unpaired) electrons. The van der Waals surface area contributed by atoms with Crippen LogP contribution in [0.15, 0.2) is 39.0 Å². The van der Waals surface area contributed by atoms with Crippen LogP contribution in [0.25, 0.3) is 10.6 Å². The van der Waals surface area contributed by atoms with Gasteiger partial charge in [0.2, 0.25) is 0 Å². The molecule has 124 valence electrons. The molecule has 0 spiro atoms. The predicted molar refractivity (Wildman–Crippen MR) is 99.4 cm³/mol. The Hall–Kier alpha value is -1.41. The van der Waals surface area contributed by atoms with Crippen molar-refractivity contribution in [2.75, 3.05) is 7.11 Å². The number of nitrogens with zero attached hydrogens (tertiary/aromatic N) is 3. The molecule has 0 aliphatic carbocycles. The van der Waals surface area contributed by atoms with E-state index in [1.54, 1.807) is 7.11 Å². The van der Waals surface area contributed by atoms with Gasteiger partial charge in [-0.15, -0.1) is 11.3 Å². The summed E-state index contributed by atoms with van der Waals surface area (Å²) in [5, 5.41) is 6.73. The number of aromatic nitrogens is 3. The summed E-state index contributed by atoms with van der Waals surface area (Å²) < 4.78 is 7.53. The highest BCUT2D eigenvalue weighted by Crippen LogP contribution is 2.34. The lowest BCUT2D eigenvalue weighted by Crippen LogP contribution is -2.23. The Balaban J connectivity index is 1.94. The summed E-state index contributed by atoms with van der Waals surface area (Å²) in [6.07, 6.45) is 1.34. The van der Waals surface area contributed by atoms with E-state index in [0.717, 1.165) is 20.8 Å². The number of benzene rings is 1. The molecule has 0 N–H and O–H groups in total. The molecule has 0 fully saturated rings. The lowest BCUT2D eigenvalue weighted by Gasteiger charge is -2.06. The molecule has 3 aromatic rings. The Morgan fingerprint density at radius 1 is 1.38 bits per heavy atom. The molecule has 0 unspecified atom stereocenters. The van der Waals surface area contributed by atoms with Crippen LogP contribution in [0.4, 0.5) is 0 Å². The number of methoxy groups -OCH3 is 1. The molecular weight excluding hydrogens is 437 g/mol. The number of rotatable bonds is 4. The van der Waals surface area contributed by atoms with Gasteiger partial charge in [-0.3, -0.25) is 4.79 Å². The Kier molecular flexibility index (Phi) is 5.24. The summed E-state index contributed by atoms with van der Waals surface area (Å²) in [5.41, 5.74) is 1.13. The summed E-state index contributed by atoms with van der Waals surface area (Å²) in [6.45, 7) is 0.211. The maximum atomic E-state index is 12.0. The third kappa shape index (κ3) is 3.49. The van der Waals surface area contributed by atoms with Crippen molar-refractivity contribution in [2.45, 2.75) is 6.54 Å². The van der Waals surface area contributed by atoms with E-state index >= 15 is 0 Å². The average Bonchev–Trinajstić information content (AvgIpc) is 3.04. The van der Waals surface area contributed by atoms with Gasteiger partial charge >= 0.3 is 0 Å². The van der Waals surface area contributed by atoms with Gasteiger partial charge in [-0.1, -0.05) is 39.1 Å². The maximum Gasteiger partial charge on any atom is 0.287 e. The minimum Gasteiger partial charge on any atom is -0.496 e. The maximum absolute atomic E-state index is 12.0. The number of hydrogen-bond donors (Lipinski definition) is 0. The molecule has 9 heteroatoms. The Bertz CT molecular complexity index is 958. The van der Waals surface area contributed by atoms with Gasteiger partial charge in [-0.05, 0) is 18.2 Å². The molecule has 24 heavy (non-hydrogen) atoms. The molecule has 0 saturated carbocycles. The number of thiazole rings is 1. The van der Waals surface area contributed by atoms with Gasteiger partial charge in [0.25, 0.3) is 5.56 Å². The molecule has 2 aromatic heterocycles. The van der Waals surface area contributed by atoms with E-state index in [2.05, 4.69) is 26.0 Å². The lowest BCUT2D eigenvalue weighted by atomic mass is 10.2. The summed E-state index contributed by atoms with van der Waals surface area (Å²) in [4.78, 5) is 16.6. The van der Waals surface area contributed by atoms with Crippen LogP contribution in [0.1, 0.15) is 5.69 Å². The molecule has 0 atom stereocenters. The SMILES string of the molecule is COc1ccc(Br)cc1-c1nc(Cn2ncc(Cl)c(Cl)c2=O)cs1. The monoisotopic (exact) mass is 445 g/mol. The van der Waals surface area contributed by atoms with Gasteiger partial charge in [0.1, 0.15) is 15.8 Å². The van der Waals surface area contributed by atoms with Crippen LogP contribution in [-0.2, 0) is 6.54 Å². The van der Waals surface area contributed by atoms with Crippen LogP contribution in [-0.4, -0.2) is 21.9 Å². The zero-order chi connectivity index (χ0) is 17.3. The molecule has 0 aliphatic rings. The normalized spacial score (nSPS) is 10.8. The molecule has 5 nitrogen and oxygen atoms in total. The van der Waals surface area contributed by atoms with Crippen molar-refractivity contribution >= 4 is 50.5 Å². The molecule has 0 bridgehead atoms. The van der Waals surface area contributed by atoms with Gasteiger partial charge < -0.3 is 4.74 Å². The third-order valence-corrected chi connectivity index (χ3v) is 5.36. The van der Waals surface area contributed by atoms with E-state index in [9.17, 15) is 4.79 Å². The molecular formula is C15H10BrCl2N3O2S. The van der Waals surface area contributed by atoms with Gasteiger partial charge in [0, 0.05) is 9.85 Å². The van der Waals surface area contributed by atoms with Crippen LogP contribution >= 0.6 is 50.5 Å². The minimum absolute atomic E-state index is 0.0456. The van der Waals surface area contributed by atoms with Gasteiger partial charge in [-0.2, -0.15) is 5.10 Å². The minimum atomic E-state index is -0.446. The summed E-state index contributed by atoms with van der Waals surface area (Å²) in [7, 11) is 1.61. The summed E-state index contributed by atoms with van der Waals surface area (Å²) in [6, 6.07) is 5.70. The average molecular weight is 447 g/mol. The first-order valence-electron chi connectivity index (χ1n) is 6.69. The van der Waals surface area contributed by atoms with Crippen LogP contribution in [0, 0.1) is 0 Å². The van der Waals surface area contributed by atoms with Gasteiger partial charge in [0.15, 0.2) is 0 Å². The second-order valence-electron chi connectivity index (χ2n) is 4.76. The van der Waals surface area contributed by atoms with Crippen LogP contribution < -0.4 is 10.3 Å². The van der Waals surface area contributed by atoms with Gasteiger partial charge in [-0.25, -0.2) is 9.67 Å². The lowest BCUT2D eigenvalue weighted by molar-refractivity contribution is 0.416. The number of ether oxygens (including phenoxy) is 1. The standard InChI is InChI=1S/C15H10BrCl2N3O2S/c1-23-12-3-2-8(16)4-10(12)14-20-9(7-24-14)6-21-15(22)13(18)11(17)5-19-21/h2-5,7H,6H2,1H3. The van der Waals surface area contributed by atoms with Crippen LogP contribution in [0.5, 0.6) is 5.75 Å². The van der Waals surface area contributed by atoms with Gasteiger partial charge in [0.05, 0.1) is 36.1 Å². The van der Waals surface area contributed by atoms with E-state index in [1.165, 1.54) is 22.2 Å². The highest BCUT2D eigenvalue weighted by Gasteiger charge is 2.13. The van der Waals surface area contributed by atoms with E-state index in [0.29, 0.717) is 5.69 Å². The van der Waals surface area contributed by atoms with E-state index in [4.69, 9.17) is 27.9 Å². The molecule has 1 aromatic carbocycles. The quantitative estimate of drug-likeness (QED) is 0.592. The van der Waals surface area contributed by atoms with Crippen molar-refractivity contribution in [3.63, 3.8) is 0 Å². The van der Waals surface area contributed by atoms with Crippen molar-refractivity contribution in [2.24, 2.45) is 0 Å². The summed E-state index contributed by atoms with van der Waals surface area (Å²) >= 11 is 16.5. The summed E-state index contributed by atoms with van der Waals surface area (Å²) in [5.74, 6) is 0.726. The molecule has 0 saturated heterocycles.